The average molecular weight is 456 g/mol. The third-order valence-corrected chi connectivity index (χ3v) is 6.26. The number of rotatable bonds is 27. The fraction of sp³-hybridized carbons (Fsp3) is 0.964. The first-order chi connectivity index (χ1) is 15.8. The number of aliphatic hydroxyl groups excluding tert-OH is 1. The highest BCUT2D eigenvalue weighted by Crippen LogP contribution is 2.10. The zero-order valence-corrected chi connectivity index (χ0v) is 21.6. The maximum atomic E-state index is 11.7. The molecule has 192 valence electrons. The van der Waals surface area contributed by atoms with E-state index in [2.05, 4.69) is 12.2 Å². The van der Waals surface area contributed by atoms with E-state index >= 15 is 0 Å². The highest BCUT2D eigenvalue weighted by atomic mass is 16.5. The Bertz CT molecular complexity index is 363. The quantitative estimate of drug-likeness (QED) is 0.0983. The molecule has 0 spiro atoms. The van der Waals surface area contributed by atoms with Gasteiger partial charge in [-0.2, -0.15) is 0 Å². The molecule has 0 rings (SSSR count). The molecule has 0 aromatic carbocycles. The first kappa shape index (κ1) is 31.4. The van der Waals surface area contributed by atoms with Gasteiger partial charge in [-0.3, -0.25) is 4.79 Å². The van der Waals surface area contributed by atoms with Gasteiger partial charge in [0.2, 0.25) is 0 Å². The van der Waals surface area contributed by atoms with Crippen LogP contribution in [0.4, 0.5) is 0 Å². The Morgan fingerprint density at radius 2 is 1.03 bits per heavy atom. The summed E-state index contributed by atoms with van der Waals surface area (Å²) in [6, 6.07) is 0. The Hall–Kier alpha value is -0.610. The molecule has 0 saturated carbocycles. The zero-order valence-electron chi connectivity index (χ0n) is 21.6. The molecule has 0 radical (unpaired) electrons. The summed E-state index contributed by atoms with van der Waals surface area (Å²) >= 11 is 0. The van der Waals surface area contributed by atoms with Crippen LogP contribution in [0.15, 0.2) is 0 Å². The Morgan fingerprint density at radius 1 is 0.594 bits per heavy atom. The largest absolute Gasteiger partial charge is 0.466 e. The van der Waals surface area contributed by atoms with Crippen LogP contribution in [0.1, 0.15) is 148 Å². The summed E-state index contributed by atoms with van der Waals surface area (Å²) in [5.74, 6) is 0.000749. The molecule has 32 heavy (non-hydrogen) atoms. The van der Waals surface area contributed by atoms with Crippen LogP contribution >= 0.6 is 0 Å². The third kappa shape index (κ3) is 27.4. The lowest BCUT2D eigenvalue weighted by molar-refractivity contribution is -0.143. The molecule has 0 atom stereocenters. The minimum Gasteiger partial charge on any atom is -0.466 e. The molecule has 0 amide bonds. The first-order valence-electron chi connectivity index (χ1n) is 14.3. The normalized spacial score (nSPS) is 11.2. The number of hydrogen-bond acceptors (Lipinski definition) is 4. The van der Waals surface area contributed by atoms with Crippen LogP contribution in [0.5, 0.6) is 0 Å². The lowest BCUT2D eigenvalue weighted by Gasteiger charge is -2.06. The summed E-state index contributed by atoms with van der Waals surface area (Å²) < 4.78 is 5.35. The van der Waals surface area contributed by atoms with E-state index in [-0.39, 0.29) is 5.97 Å². The fourth-order valence-corrected chi connectivity index (χ4v) is 4.09. The van der Waals surface area contributed by atoms with E-state index in [0.29, 0.717) is 19.6 Å². The summed E-state index contributed by atoms with van der Waals surface area (Å²) in [6.07, 6.45) is 26.8. The Balaban J connectivity index is 3.09. The van der Waals surface area contributed by atoms with Crippen LogP contribution in [-0.4, -0.2) is 37.4 Å². The van der Waals surface area contributed by atoms with Crippen LogP contribution < -0.4 is 5.32 Å². The van der Waals surface area contributed by atoms with E-state index in [9.17, 15) is 4.79 Å². The van der Waals surface area contributed by atoms with Gasteiger partial charge in [-0.05, 0) is 45.2 Å². The number of unbranched alkanes of at least 4 members (excludes halogenated alkanes) is 18. The van der Waals surface area contributed by atoms with Gasteiger partial charge in [-0.1, -0.05) is 110 Å². The fourth-order valence-electron chi connectivity index (χ4n) is 4.09. The topological polar surface area (TPSA) is 58.6 Å². The third-order valence-electron chi connectivity index (χ3n) is 6.26. The minimum absolute atomic E-state index is 0.000749. The molecule has 0 bridgehead atoms. The Labute approximate surface area is 200 Å². The second kappa shape index (κ2) is 28.4. The summed E-state index contributed by atoms with van der Waals surface area (Å²) in [5.41, 5.74) is 0. The molecule has 0 aromatic heterocycles. The first-order valence-corrected chi connectivity index (χ1v) is 14.3. The molecule has 0 heterocycles. The SMILES string of the molecule is CCCCCCCCC(=O)OCCCCCCCCNCCCCCCCCCCCO. The maximum absolute atomic E-state index is 11.7. The molecule has 2 N–H and O–H groups in total. The Kier molecular flexibility index (Phi) is 27.9. The van der Waals surface area contributed by atoms with Crippen molar-refractivity contribution in [1.82, 2.24) is 5.32 Å². The van der Waals surface area contributed by atoms with Crippen molar-refractivity contribution in [1.29, 1.82) is 0 Å². The number of nitrogens with one attached hydrogen (secondary N) is 1. The van der Waals surface area contributed by atoms with Crippen molar-refractivity contribution in [3.8, 4) is 0 Å². The van der Waals surface area contributed by atoms with Gasteiger partial charge < -0.3 is 15.2 Å². The summed E-state index contributed by atoms with van der Waals surface area (Å²) in [6.45, 7) is 5.51. The molecular formula is C28H57NO3. The van der Waals surface area contributed by atoms with Crippen molar-refractivity contribution in [3.05, 3.63) is 0 Å². The Morgan fingerprint density at radius 3 is 1.56 bits per heavy atom. The molecular weight excluding hydrogens is 398 g/mol. The van der Waals surface area contributed by atoms with E-state index in [1.54, 1.807) is 0 Å². The van der Waals surface area contributed by atoms with Gasteiger partial charge in [0, 0.05) is 13.0 Å². The lowest BCUT2D eigenvalue weighted by Crippen LogP contribution is -2.16. The van der Waals surface area contributed by atoms with Gasteiger partial charge in [0.25, 0.3) is 0 Å². The van der Waals surface area contributed by atoms with Crippen molar-refractivity contribution in [2.45, 2.75) is 148 Å². The number of carbonyl (C=O) groups is 1. The molecule has 0 saturated heterocycles. The van der Waals surface area contributed by atoms with Crippen molar-refractivity contribution >= 4 is 5.97 Å². The molecule has 4 nitrogen and oxygen atoms in total. The summed E-state index contributed by atoms with van der Waals surface area (Å²) in [4.78, 5) is 11.7. The number of ether oxygens (including phenoxy) is 1. The van der Waals surface area contributed by atoms with E-state index in [1.807, 2.05) is 0 Å². The maximum Gasteiger partial charge on any atom is 0.305 e. The van der Waals surface area contributed by atoms with Crippen LogP contribution in [0, 0.1) is 0 Å². The smallest absolute Gasteiger partial charge is 0.305 e. The van der Waals surface area contributed by atoms with Gasteiger partial charge >= 0.3 is 5.97 Å². The number of carbonyl (C=O) groups excluding carboxylic acids is 1. The van der Waals surface area contributed by atoms with Gasteiger partial charge in [0.15, 0.2) is 0 Å². The predicted octanol–water partition coefficient (Wildman–Crippen LogP) is 7.71. The highest BCUT2D eigenvalue weighted by Gasteiger charge is 2.02. The standard InChI is InChI=1S/C28H57NO3/c1-2-3-4-5-13-18-23-28(31)32-27-22-17-12-10-15-20-25-29-24-19-14-9-7-6-8-11-16-21-26-30/h29-30H,2-27H2,1H3. The van der Waals surface area contributed by atoms with Gasteiger partial charge in [0.1, 0.15) is 0 Å². The van der Waals surface area contributed by atoms with Gasteiger partial charge in [-0.15, -0.1) is 0 Å². The van der Waals surface area contributed by atoms with E-state index in [1.165, 1.54) is 116 Å². The molecule has 4 heteroatoms. The van der Waals surface area contributed by atoms with E-state index < -0.39 is 0 Å². The van der Waals surface area contributed by atoms with Crippen LogP contribution in [0.25, 0.3) is 0 Å². The van der Waals surface area contributed by atoms with Crippen LogP contribution in [0.3, 0.4) is 0 Å². The predicted molar refractivity (Wildman–Crippen MR) is 138 cm³/mol. The molecule has 0 aliphatic rings. The average Bonchev–Trinajstić information content (AvgIpc) is 2.80. The highest BCUT2D eigenvalue weighted by molar-refractivity contribution is 5.69. The van der Waals surface area contributed by atoms with Gasteiger partial charge in [-0.25, -0.2) is 0 Å². The number of esters is 1. The number of hydrogen-bond donors (Lipinski definition) is 2. The molecule has 0 fully saturated rings. The van der Waals surface area contributed by atoms with Crippen LogP contribution in [-0.2, 0) is 9.53 Å². The second-order valence-electron chi connectivity index (χ2n) is 9.52. The van der Waals surface area contributed by atoms with E-state index in [0.717, 1.165) is 32.2 Å². The minimum atomic E-state index is 0.000749. The molecule has 0 aliphatic carbocycles. The van der Waals surface area contributed by atoms with Crippen molar-refractivity contribution in [2.75, 3.05) is 26.3 Å². The van der Waals surface area contributed by atoms with E-state index in [4.69, 9.17) is 9.84 Å². The molecule has 0 aromatic rings. The second-order valence-corrected chi connectivity index (χ2v) is 9.52. The zero-order chi connectivity index (χ0) is 23.4. The monoisotopic (exact) mass is 455 g/mol. The van der Waals surface area contributed by atoms with Crippen molar-refractivity contribution in [3.63, 3.8) is 0 Å². The molecule has 0 unspecified atom stereocenters. The van der Waals surface area contributed by atoms with Gasteiger partial charge in [0.05, 0.1) is 6.61 Å². The van der Waals surface area contributed by atoms with Crippen LogP contribution in [0.2, 0.25) is 0 Å². The van der Waals surface area contributed by atoms with Crippen molar-refractivity contribution in [2.24, 2.45) is 0 Å². The lowest BCUT2D eigenvalue weighted by atomic mass is 10.1. The molecule has 0 aliphatic heterocycles. The summed E-state index contributed by atoms with van der Waals surface area (Å²) in [7, 11) is 0. The number of aliphatic hydroxyl groups is 1. The van der Waals surface area contributed by atoms with Crippen molar-refractivity contribution < 1.29 is 14.6 Å². The summed E-state index contributed by atoms with van der Waals surface area (Å²) in [5, 5.41) is 12.3.